The minimum atomic E-state index is -0.320. The molecule has 0 saturated carbocycles. The molecule has 1 amide bonds. The van der Waals surface area contributed by atoms with Gasteiger partial charge in [-0.15, -0.1) is 0 Å². The number of aromatic nitrogens is 2. The van der Waals surface area contributed by atoms with Gasteiger partial charge < -0.3 is 4.42 Å². The van der Waals surface area contributed by atoms with Gasteiger partial charge >= 0.3 is 0 Å². The van der Waals surface area contributed by atoms with E-state index in [1.165, 1.54) is 6.08 Å². The first kappa shape index (κ1) is 12.8. The third-order valence-corrected chi connectivity index (χ3v) is 2.22. The molecule has 98 valence electrons. The van der Waals surface area contributed by atoms with Crippen LogP contribution in [0, 0.1) is 13.8 Å². The zero-order valence-corrected chi connectivity index (χ0v) is 10.7. The highest BCUT2D eigenvalue weighted by Crippen LogP contribution is 2.03. The molecule has 0 spiro atoms. The summed E-state index contributed by atoms with van der Waals surface area (Å²) in [5.74, 6) is 0.647. The Labute approximate surface area is 110 Å². The van der Waals surface area contributed by atoms with E-state index in [4.69, 9.17) is 4.42 Å². The molecule has 0 atom stereocenters. The predicted octanol–water partition coefficient (Wildman–Crippen LogP) is 1.84. The van der Waals surface area contributed by atoms with E-state index in [2.05, 4.69) is 20.8 Å². The van der Waals surface area contributed by atoms with Gasteiger partial charge in [0, 0.05) is 17.5 Å². The fraction of sp³-hybridized carbons (Fsp3) is 0.154. The first-order valence-electron chi connectivity index (χ1n) is 5.73. The highest BCUT2D eigenvalue weighted by molar-refractivity contribution is 5.91. The number of carbonyl (C=O) groups excluding carboxylic acids is 1. The van der Waals surface area contributed by atoms with Crippen molar-refractivity contribution in [1.29, 1.82) is 0 Å². The van der Waals surface area contributed by atoms with Crippen LogP contribution in [-0.2, 0) is 4.79 Å². The molecule has 0 fully saturated rings. The number of nitrogens with one attached hydrogen (secondary N) is 2. The molecule has 2 aromatic heterocycles. The van der Waals surface area contributed by atoms with Gasteiger partial charge in [-0.2, -0.15) is 0 Å². The molecule has 0 aliphatic carbocycles. The van der Waals surface area contributed by atoms with E-state index in [9.17, 15) is 4.79 Å². The van der Waals surface area contributed by atoms with Crippen LogP contribution >= 0.6 is 0 Å². The molecular formula is C13H14N4O2. The van der Waals surface area contributed by atoms with Crippen molar-refractivity contribution in [3.05, 3.63) is 47.7 Å². The summed E-state index contributed by atoms with van der Waals surface area (Å²) < 4.78 is 5.07. The molecule has 6 heteroatoms. The minimum Gasteiger partial charge on any atom is -0.465 e. The van der Waals surface area contributed by atoms with Crippen molar-refractivity contribution < 1.29 is 9.21 Å². The zero-order valence-electron chi connectivity index (χ0n) is 10.7. The van der Waals surface area contributed by atoms with Gasteiger partial charge in [0.15, 0.2) is 0 Å². The van der Waals surface area contributed by atoms with Crippen LogP contribution in [-0.4, -0.2) is 15.9 Å². The number of furan rings is 1. The van der Waals surface area contributed by atoms with E-state index in [-0.39, 0.29) is 5.91 Å². The maximum Gasteiger partial charge on any atom is 0.262 e. The summed E-state index contributed by atoms with van der Waals surface area (Å²) in [7, 11) is 0. The molecule has 0 aliphatic heterocycles. The van der Waals surface area contributed by atoms with Crippen LogP contribution in [0.3, 0.4) is 0 Å². The molecule has 0 saturated heterocycles. The van der Waals surface area contributed by atoms with Crippen molar-refractivity contribution in [2.75, 3.05) is 5.43 Å². The maximum atomic E-state index is 11.5. The lowest BCUT2D eigenvalue weighted by Gasteiger charge is -2.06. The second-order valence-electron chi connectivity index (χ2n) is 3.94. The fourth-order valence-corrected chi connectivity index (χ4v) is 1.48. The first-order valence-corrected chi connectivity index (χ1v) is 5.73. The molecule has 6 nitrogen and oxygen atoms in total. The first-order chi connectivity index (χ1) is 9.13. The number of carbonyl (C=O) groups is 1. The third-order valence-electron chi connectivity index (χ3n) is 2.22. The summed E-state index contributed by atoms with van der Waals surface area (Å²) >= 11 is 0. The lowest BCUT2D eigenvalue weighted by Crippen LogP contribution is -2.28. The van der Waals surface area contributed by atoms with Crippen molar-refractivity contribution in [3.8, 4) is 0 Å². The highest BCUT2D eigenvalue weighted by Gasteiger charge is 2.00. The minimum absolute atomic E-state index is 0.320. The Bertz CT molecular complexity index is 570. The van der Waals surface area contributed by atoms with Crippen molar-refractivity contribution in [2.24, 2.45) is 0 Å². The molecule has 2 rings (SSSR count). The summed E-state index contributed by atoms with van der Waals surface area (Å²) in [5.41, 5.74) is 6.78. The summed E-state index contributed by atoms with van der Waals surface area (Å²) in [6, 6.07) is 5.35. The van der Waals surface area contributed by atoms with Crippen molar-refractivity contribution in [2.45, 2.75) is 13.8 Å². The van der Waals surface area contributed by atoms with Gasteiger partial charge in [0.2, 0.25) is 5.95 Å². The molecule has 2 heterocycles. The maximum absolute atomic E-state index is 11.5. The quantitative estimate of drug-likeness (QED) is 0.646. The largest absolute Gasteiger partial charge is 0.465 e. The number of amides is 1. The average molecular weight is 258 g/mol. The van der Waals surface area contributed by atoms with Crippen LogP contribution in [0.25, 0.3) is 6.08 Å². The third kappa shape index (κ3) is 3.95. The Morgan fingerprint density at radius 1 is 1.32 bits per heavy atom. The topological polar surface area (TPSA) is 80.0 Å². The van der Waals surface area contributed by atoms with Crippen molar-refractivity contribution in [3.63, 3.8) is 0 Å². The van der Waals surface area contributed by atoms with Crippen LogP contribution in [0.5, 0.6) is 0 Å². The highest BCUT2D eigenvalue weighted by atomic mass is 16.3. The molecular weight excluding hydrogens is 244 g/mol. The van der Waals surface area contributed by atoms with Gasteiger partial charge in [-0.25, -0.2) is 9.97 Å². The van der Waals surface area contributed by atoms with Crippen LogP contribution < -0.4 is 10.9 Å². The van der Waals surface area contributed by atoms with Gasteiger partial charge in [-0.3, -0.25) is 15.6 Å². The smallest absolute Gasteiger partial charge is 0.262 e. The van der Waals surface area contributed by atoms with Crippen LogP contribution in [0.1, 0.15) is 17.1 Å². The molecule has 2 N–H and O–H groups in total. The number of hydrogen-bond donors (Lipinski definition) is 2. The Kier molecular flexibility index (Phi) is 3.92. The lowest BCUT2D eigenvalue weighted by molar-refractivity contribution is -0.116. The molecule has 2 aromatic rings. The zero-order chi connectivity index (χ0) is 13.7. The number of anilines is 1. The SMILES string of the molecule is Cc1cc(C)nc(NNC(=O)/C=C\c2ccco2)n1. The Morgan fingerprint density at radius 3 is 2.68 bits per heavy atom. The molecule has 0 bridgehead atoms. The molecule has 19 heavy (non-hydrogen) atoms. The molecule has 0 radical (unpaired) electrons. The Balaban J connectivity index is 1.89. The Morgan fingerprint density at radius 2 is 2.05 bits per heavy atom. The van der Waals surface area contributed by atoms with Crippen molar-refractivity contribution >= 4 is 17.9 Å². The lowest BCUT2D eigenvalue weighted by atomic mass is 10.4. The van der Waals surface area contributed by atoms with Gasteiger partial charge in [-0.1, -0.05) is 0 Å². The summed E-state index contributed by atoms with van der Waals surface area (Å²) in [6.07, 6.45) is 4.47. The number of nitrogens with zero attached hydrogens (tertiary/aromatic N) is 2. The van der Waals surface area contributed by atoms with E-state index >= 15 is 0 Å². The van der Waals surface area contributed by atoms with E-state index in [1.54, 1.807) is 24.5 Å². The second-order valence-corrected chi connectivity index (χ2v) is 3.94. The molecule has 0 unspecified atom stereocenters. The van der Waals surface area contributed by atoms with Crippen molar-refractivity contribution in [1.82, 2.24) is 15.4 Å². The van der Waals surface area contributed by atoms with E-state index in [1.807, 2.05) is 19.9 Å². The number of hydrogen-bond acceptors (Lipinski definition) is 5. The normalized spacial score (nSPS) is 10.6. The van der Waals surface area contributed by atoms with E-state index < -0.39 is 0 Å². The average Bonchev–Trinajstić information content (AvgIpc) is 2.86. The number of hydrazine groups is 1. The van der Waals surface area contributed by atoms with Gasteiger partial charge in [0.05, 0.1) is 6.26 Å². The summed E-state index contributed by atoms with van der Waals surface area (Å²) in [6.45, 7) is 3.72. The number of rotatable bonds is 4. The summed E-state index contributed by atoms with van der Waals surface area (Å²) in [5, 5.41) is 0. The standard InChI is InChI=1S/C13H14N4O2/c1-9-8-10(2)15-13(14-9)17-16-12(18)6-5-11-4-3-7-19-11/h3-8H,1-2H3,(H,16,18)(H,14,15,17)/b6-5-. The predicted molar refractivity (Wildman–Crippen MR) is 71.0 cm³/mol. The summed E-state index contributed by atoms with van der Waals surface area (Å²) in [4.78, 5) is 19.8. The van der Waals surface area contributed by atoms with Gasteiger partial charge in [-0.05, 0) is 38.1 Å². The van der Waals surface area contributed by atoms with Crippen LogP contribution in [0.2, 0.25) is 0 Å². The number of aryl methyl sites for hydroxylation is 2. The Hall–Kier alpha value is -2.63. The fourth-order valence-electron chi connectivity index (χ4n) is 1.48. The molecule has 0 aliphatic rings. The van der Waals surface area contributed by atoms with Crippen LogP contribution in [0.4, 0.5) is 5.95 Å². The second kappa shape index (κ2) is 5.81. The van der Waals surface area contributed by atoms with Gasteiger partial charge in [0.1, 0.15) is 5.76 Å². The van der Waals surface area contributed by atoms with Crippen LogP contribution in [0.15, 0.2) is 35.0 Å². The molecule has 0 aromatic carbocycles. The van der Waals surface area contributed by atoms with Gasteiger partial charge in [0.25, 0.3) is 5.91 Å². The van der Waals surface area contributed by atoms with E-state index in [0.29, 0.717) is 11.7 Å². The monoisotopic (exact) mass is 258 g/mol. The van der Waals surface area contributed by atoms with E-state index in [0.717, 1.165) is 11.4 Å².